The highest BCUT2D eigenvalue weighted by Crippen LogP contribution is 2.22. The summed E-state index contributed by atoms with van der Waals surface area (Å²) in [5.41, 5.74) is 2.58. The summed E-state index contributed by atoms with van der Waals surface area (Å²) in [6, 6.07) is 6.25. The number of H-pyrrole nitrogens is 1. The number of pyridine rings is 1. The van der Waals surface area contributed by atoms with Crippen molar-refractivity contribution >= 4 is 11.0 Å². The zero-order valence-corrected chi connectivity index (χ0v) is 8.96. The Labute approximate surface area is 84.4 Å². The molecule has 1 N–H and O–H groups in total. The minimum absolute atomic E-state index is 0.320. The van der Waals surface area contributed by atoms with E-state index in [1.807, 2.05) is 12.3 Å². The number of rotatable bonds is 1. The SMILES string of the molecule is CC(C)(C)Cc1cc2cccnc2[nH]1. The first-order valence-electron chi connectivity index (χ1n) is 4.97. The van der Waals surface area contributed by atoms with Gasteiger partial charge in [-0.25, -0.2) is 4.98 Å². The fourth-order valence-corrected chi connectivity index (χ4v) is 1.68. The van der Waals surface area contributed by atoms with Gasteiger partial charge >= 0.3 is 0 Å². The lowest BCUT2D eigenvalue weighted by Gasteiger charge is -2.16. The van der Waals surface area contributed by atoms with E-state index in [4.69, 9.17) is 0 Å². The first-order valence-corrected chi connectivity index (χ1v) is 4.97. The van der Waals surface area contributed by atoms with E-state index in [0.717, 1.165) is 12.1 Å². The Hall–Kier alpha value is -1.31. The normalized spacial score (nSPS) is 12.2. The summed E-state index contributed by atoms with van der Waals surface area (Å²) in [5, 5.41) is 1.20. The topological polar surface area (TPSA) is 28.7 Å². The summed E-state index contributed by atoms with van der Waals surface area (Å²) in [6.07, 6.45) is 2.88. The van der Waals surface area contributed by atoms with Gasteiger partial charge in [0.05, 0.1) is 0 Å². The third kappa shape index (κ3) is 1.95. The van der Waals surface area contributed by atoms with Gasteiger partial charge in [0.25, 0.3) is 0 Å². The number of nitrogens with zero attached hydrogens (tertiary/aromatic N) is 1. The molecular formula is C12H16N2. The van der Waals surface area contributed by atoms with Crippen LogP contribution in [0.25, 0.3) is 11.0 Å². The number of aromatic amines is 1. The smallest absolute Gasteiger partial charge is 0.137 e. The minimum Gasteiger partial charge on any atom is -0.343 e. The van der Waals surface area contributed by atoms with Gasteiger partial charge in [0, 0.05) is 17.3 Å². The maximum atomic E-state index is 4.28. The molecule has 0 atom stereocenters. The van der Waals surface area contributed by atoms with Crippen LogP contribution in [0, 0.1) is 5.41 Å². The minimum atomic E-state index is 0.320. The molecule has 0 spiro atoms. The lowest BCUT2D eigenvalue weighted by Crippen LogP contribution is -2.09. The van der Waals surface area contributed by atoms with Crippen LogP contribution < -0.4 is 0 Å². The molecule has 2 heterocycles. The molecule has 2 heteroatoms. The number of fused-ring (bicyclic) bond motifs is 1. The number of hydrogen-bond donors (Lipinski definition) is 1. The van der Waals surface area contributed by atoms with Gasteiger partial charge in [-0.15, -0.1) is 0 Å². The molecule has 0 aliphatic heterocycles. The molecule has 0 saturated heterocycles. The van der Waals surface area contributed by atoms with Gasteiger partial charge in [-0.2, -0.15) is 0 Å². The van der Waals surface area contributed by atoms with E-state index >= 15 is 0 Å². The van der Waals surface area contributed by atoms with Crippen molar-refractivity contribution in [3.05, 3.63) is 30.1 Å². The summed E-state index contributed by atoms with van der Waals surface area (Å²) < 4.78 is 0. The maximum Gasteiger partial charge on any atom is 0.137 e. The average molecular weight is 188 g/mol. The molecule has 0 aromatic carbocycles. The van der Waals surface area contributed by atoms with Crippen molar-refractivity contribution in [3.63, 3.8) is 0 Å². The van der Waals surface area contributed by atoms with E-state index < -0.39 is 0 Å². The fourth-order valence-electron chi connectivity index (χ4n) is 1.68. The van der Waals surface area contributed by atoms with Crippen molar-refractivity contribution in [3.8, 4) is 0 Å². The third-order valence-corrected chi connectivity index (χ3v) is 2.17. The van der Waals surface area contributed by atoms with Gasteiger partial charge in [-0.3, -0.25) is 0 Å². The molecule has 0 fully saturated rings. The fraction of sp³-hybridized carbons (Fsp3) is 0.417. The van der Waals surface area contributed by atoms with Crippen molar-refractivity contribution in [1.82, 2.24) is 9.97 Å². The van der Waals surface area contributed by atoms with Crippen LogP contribution in [0.15, 0.2) is 24.4 Å². The highest BCUT2D eigenvalue weighted by Gasteiger charge is 2.12. The molecule has 0 aliphatic rings. The van der Waals surface area contributed by atoms with Gasteiger partial charge in [-0.1, -0.05) is 20.8 Å². The molecule has 0 unspecified atom stereocenters. The van der Waals surface area contributed by atoms with Gasteiger partial charge in [0.15, 0.2) is 0 Å². The molecule has 74 valence electrons. The molecule has 0 bridgehead atoms. The predicted molar refractivity (Wildman–Crippen MR) is 59.3 cm³/mol. The second kappa shape index (κ2) is 3.12. The summed E-state index contributed by atoms with van der Waals surface area (Å²) in [6.45, 7) is 6.73. The van der Waals surface area contributed by atoms with Crippen LogP contribution in [0.4, 0.5) is 0 Å². The zero-order chi connectivity index (χ0) is 10.2. The standard InChI is InChI=1S/C12H16N2/c1-12(2,3)8-10-7-9-5-4-6-13-11(9)14-10/h4-7H,8H2,1-3H3,(H,13,14). The lowest BCUT2D eigenvalue weighted by atomic mass is 9.91. The number of nitrogens with one attached hydrogen (secondary N) is 1. The highest BCUT2D eigenvalue weighted by atomic mass is 14.8. The monoisotopic (exact) mass is 188 g/mol. The van der Waals surface area contributed by atoms with E-state index in [9.17, 15) is 0 Å². The van der Waals surface area contributed by atoms with Crippen molar-refractivity contribution in [2.24, 2.45) is 5.41 Å². The first kappa shape index (κ1) is 9.25. The molecular weight excluding hydrogens is 172 g/mol. The molecule has 0 saturated carbocycles. The largest absolute Gasteiger partial charge is 0.343 e. The Morgan fingerprint density at radius 2 is 2.14 bits per heavy atom. The summed E-state index contributed by atoms with van der Waals surface area (Å²) in [4.78, 5) is 7.62. The second-order valence-electron chi connectivity index (χ2n) is 4.97. The van der Waals surface area contributed by atoms with Crippen LogP contribution in [0.1, 0.15) is 26.5 Å². The Morgan fingerprint density at radius 3 is 2.79 bits per heavy atom. The van der Waals surface area contributed by atoms with Crippen LogP contribution in [0.3, 0.4) is 0 Å². The molecule has 0 amide bonds. The Morgan fingerprint density at radius 1 is 1.36 bits per heavy atom. The van der Waals surface area contributed by atoms with Crippen LogP contribution >= 0.6 is 0 Å². The molecule has 0 radical (unpaired) electrons. The summed E-state index contributed by atoms with van der Waals surface area (Å²) >= 11 is 0. The van der Waals surface area contributed by atoms with Gasteiger partial charge < -0.3 is 4.98 Å². The van der Waals surface area contributed by atoms with Crippen molar-refractivity contribution in [2.75, 3.05) is 0 Å². The second-order valence-corrected chi connectivity index (χ2v) is 4.97. The van der Waals surface area contributed by atoms with E-state index in [2.05, 4.69) is 42.9 Å². The quantitative estimate of drug-likeness (QED) is 0.731. The Balaban J connectivity index is 2.36. The van der Waals surface area contributed by atoms with Crippen molar-refractivity contribution in [1.29, 1.82) is 0 Å². The molecule has 2 aromatic rings. The Kier molecular flexibility index (Phi) is 2.06. The molecule has 2 aromatic heterocycles. The van der Waals surface area contributed by atoms with E-state index in [-0.39, 0.29) is 0 Å². The summed E-state index contributed by atoms with van der Waals surface area (Å²) in [5.74, 6) is 0. The molecule has 14 heavy (non-hydrogen) atoms. The van der Waals surface area contributed by atoms with E-state index in [1.54, 1.807) is 0 Å². The maximum absolute atomic E-state index is 4.28. The number of hydrogen-bond acceptors (Lipinski definition) is 1. The average Bonchev–Trinajstić information content (AvgIpc) is 2.42. The van der Waals surface area contributed by atoms with Crippen LogP contribution in [0.2, 0.25) is 0 Å². The number of aromatic nitrogens is 2. The first-order chi connectivity index (χ1) is 6.54. The predicted octanol–water partition coefficient (Wildman–Crippen LogP) is 3.15. The zero-order valence-electron chi connectivity index (χ0n) is 8.96. The van der Waals surface area contributed by atoms with Crippen LogP contribution in [0.5, 0.6) is 0 Å². The molecule has 2 nitrogen and oxygen atoms in total. The molecule has 0 aliphatic carbocycles. The van der Waals surface area contributed by atoms with E-state index in [1.165, 1.54) is 11.1 Å². The van der Waals surface area contributed by atoms with Gasteiger partial charge in [0.2, 0.25) is 0 Å². The van der Waals surface area contributed by atoms with Crippen molar-refractivity contribution in [2.45, 2.75) is 27.2 Å². The molecule has 2 rings (SSSR count). The third-order valence-electron chi connectivity index (χ3n) is 2.17. The van der Waals surface area contributed by atoms with Crippen LogP contribution in [-0.2, 0) is 6.42 Å². The van der Waals surface area contributed by atoms with E-state index in [0.29, 0.717) is 5.41 Å². The highest BCUT2D eigenvalue weighted by molar-refractivity contribution is 5.76. The van der Waals surface area contributed by atoms with Gasteiger partial charge in [-0.05, 0) is 30.0 Å². The summed E-state index contributed by atoms with van der Waals surface area (Å²) in [7, 11) is 0. The lowest BCUT2D eigenvalue weighted by molar-refractivity contribution is 0.407. The van der Waals surface area contributed by atoms with Gasteiger partial charge in [0.1, 0.15) is 5.65 Å². The Bertz CT molecular complexity index is 402. The van der Waals surface area contributed by atoms with Crippen LogP contribution in [-0.4, -0.2) is 9.97 Å². The van der Waals surface area contributed by atoms with Crippen molar-refractivity contribution < 1.29 is 0 Å².